The smallest absolute Gasteiger partial charge is 0.148 e. The number of halogens is 3. The van der Waals surface area contributed by atoms with Crippen molar-refractivity contribution in [3.63, 3.8) is 0 Å². The number of nitrogens with one attached hydrogen (secondary N) is 1. The molecule has 3 aromatic carbocycles. The van der Waals surface area contributed by atoms with Crippen LogP contribution in [0, 0.1) is 0 Å². The molecule has 1 N–H and O–H groups in total. The van der Waals surface area contributed by atoms with Crippen LogP contribution in [-0.4, -0.2) is 6.54 Å². The van der Waals surface area contributed by atoms with Gasteiger partial charge in [-0.1, -0.05) is 60.7 Å². The Kier molecular flexibility index (Phi) is 9.35. The van der Waals surface area contributed by atoms with E-state index in [1.165, 1.54) is 11.1 Å². The van der Waals surface area contributed by atoms with Crippen LogP contribution in [0.15, 0.2) is 81.7 Å². The maximum atomic E-state index is 5.98. The summed E-state index contributed by atoms with van der Waals surface area (Å²) >= 11 is 7.27. The van der Waals surface area contributed by atoms with Gasteiger partial charge < -0.3 is 10.1 Å². The molecule has 27 heavy (non-hydrogen) atoms. The van der Waals surface area contributed by atoms with Gasteiger partial charge in [-0.25, -0.2) is 0 Å². The minimum atomic E-state index is 0. The molecular formula is C22H22Br2ClNO. The van der Waals surface area contributed by atoms with Gasteiger partial charge in [0, 0.05) is 6.54 Å². The first-order valence-electron chi connectivity index (χ1n) is 8.61. The molecule has 5 heteroatoms. The molecule has 0 aliphatic heterocycles. The van der Waals surface area contributed by atoms with Gasteiger partial charge in [0.15, 0.2) is 0 Å². The van der Waals surface area contributed by atoms with Gasteiger partial charge in [0.2, 0.25) is 0 Å². The molecule has 0 spiro atoms. The van der Waals surface area contributed by atoms with Crippen LogP contribution in [0.2, 0.25) is 0 Å². The number of rotatable bonds is 8. The van der Waals surface area contributed by atoms with Crippen LogP contribution in [0.1, 0.15) is 16.7 Å². The summed E-state index contributed by atoms with van der Waals surface area (Å²) in [5, 5.41) is 3.50. The van der Waals surface area contributed by atoms with Crippen molar-refractivity contribution in [2.75, 3.05) is 6.54 Å². The molecular weight excluding hydrogens is 490 g/mol. The highest BCUT2D eigenvalue weighted by atomic mass is 79.9. The average Bonchev–Trinajstić information content (AvgIpc) is 2.66. The molecule has 0 aromatic heterocycles. The molecule has 0 atom stereocenters. The first kappa shape index (κ1) is 22.0. The zero-order valence-electron chi connectivity index (χ0n) is 14.8. The van der Waals surface area contributed by atoms with Gasteiger partial charge in [0.05, 0.1) is 8.95 Å². The SMILES string of the molecule is Brc1cc(CNCCc2ccccc2)cc(Br)c1OCc1ccccc1.Cl. The van der Waals surface area contributed by atoms with Crippen molar-refractivity contribution in [3.05, 3.63) is 98.4 Å². The Labute approximate surface area is 184 Å². The standard InChI is InChI=1S/C22H21Br2NO.ClH/c23-20-13-19(15-25-12-11-17-7-3-1-4-8-17)14-21(24)22(20)26-16-18-9-5-2-6-10-18;/h1-10,13-14,25H,11-12,15-16H2;1H. The zero-order valence-corrected chi connectivity index (χ0v) is 18.8. The highest BCUT2D eigenvalue weighted by molar-refractivity contribution is 9.11. The van der Waals surface area contributed by atoms with E-state index in [4.69, 9.17) is 4.74 Å². The lowest BCUT2D eigenvalue weighted by Gasteiger charge is -2.13. The maximum Gasteiger partial charge on any atom is 0.148 e. The molecule has 0 aliphatic rings. The van der Waals surface area contributed by atoms with Crippen molar-refractivity contribution in [1.82, 2.24) is 5.32 Å². The summed E-state index contributed by atoms with van der Waals surface area (Å²) in [5.74, 6) is 0.835. The van der Waals surface area contributed by atoms with Crippen LogP contribution in [0.3, 0.4) is 0 Å². The molecule has 0 amide bonds. The van der Waals surface area contributed by atoms with E-state index in [9.17, 15) is 0 Å². The number of ether oxygens (including phenoxy) is 1. The summed E-state index contributed by atoms with van der Waals surface area (Å²) in [6.45, 7) is 2.32. The number of hydrogen-bond donors (Lipinski definition) is 1. The monoisotopic (exact) mass is 509 g/mol. The summed E-state index contributed by atoms with van der Waals surface area (Å²) in [4.78, 5) is 0. The van der Waals surface area contributed by atoms with E-state index in [-0.39, 0.29) is 12.4 Å². The molecule has 0 saturated carbocycles. The van der Waals surface area contributed by atoms with Gasteiger partial charge in [0.25, 0.3) is 0 Å². The van der Waals surface area contributed by atoms with E-state index >= 15 is 0 Å². The van der Waals surface area contributed by atoms with Crippen molar-refractivity contribution < 1.29 is 4.74 Å². The molecule has 0 saturated heterocycles. The second kappa shape index (κ2) is 11.5. The molecule has 3 aromatic rings. The lowest BCUT2D eigenvalue weighted by molar-refractivity contribution is 0.302. The van der Waals surface area contributed by atoms with Crippen LogP contribution >= 0.6 is 44.3 Å². The van der Waals surface area contributed by atoms with Crippen LogP contribution in [-0.2, 0) is 19.6 Å². The molecule has 0 unspecified atom stereocenters. The largest absolute Gasteiger partial charge is 0.487 e. The third-order valence-electron chi connectivity index (χ3n) is 4.05. The molecule has 3 rings (SSSR count). The predicted molar refractivity (Wildman–Crippen MR) is 122 cm³/mol. The number of benzene rings is 3. The Morgan fingerprint density at radius 3 is 1.89 bits per heavy atom. The van der Waals surface area contributed by atoms with Gasteiger partial charge >= 0.3 is 0 Å². The summed E-state index contributed by atoms with van der Waals surface area (Å²) < 4.78 is 7.90. The van der Waals surface area contributed by atoms with Crippen LogP contribution in [0.25, 0.3) is 0 Å². The quantitative estimate of drug-likeness (QED) is 0.347. The fourth-order valence-electron chi connectivity index (χ4n) is 2.69. The van der Waals surface area contributed by atoms with Gasteiger partial charge in [-0.3, -0.25) is 0 Å². The van der Waals surface area contributed by atoms with E-state index in [1.807, 2.05) is 24.3 Å². The Morgan fingerprint density at radius 1 is 0.741 bits per heavy atom. The van der Waals surface area contributed by atoms with Crippen molar-refractivity contribution in [2.45, 2.75) is 19.6 Å². The second-order valence-corrected chi connectivity index (χ2v) is 7.78. The highest BCUT2D eigenvalue weighted by Gasteiger charge is 2.09. The Hall–Kier alpha value is -1.33. The molecule has 0 fully saturated rings. The topological polar surface area (TPSA) is 21.3 Å². The van der Waals surface area contributed by atoms with Gasteiger partial charge in [-0.15, -0.1) is 12.4 Å². The van der Waals surface area contributed by atoms with Crippen LogP contribution < -0.4 is 10.1 Å². The third-order valence-corrected chi connectivity index (χ3v) is 5.22. The van der Waals surface area contributed by atoms with E-state index in [2.05, 4.69) is 85.7 Å². The molecule has 0 bridgehead atoms. The molecule has 0 heterocycles. The summed E-state index contributed by atoms with van der Waals surface area (Å²) in [5.41, 5.74) is 3.72. The minimum absolute atomic E-state index is 0. The second-order valence-electron chi connectivity index (χ2n) is 6.08. The Morgan fingerprint density at radius 2 is 1.30 bits per heavy atom. The van der Waals surface area contributed by atoms with E-state index in [1.54, 1.807) is 0 Å². The lowest BCUT2D eigenvalue weighted by atomic mass is 10.1. The first-order chi connectivity index (χ1) is 12.7. The molecule has 142 valence electrons. The van der Waals surface area contributed by atoms with Crippen molar-refractivity contribution in [2.24, 2.45) is 0 Å². The van der Waals surface area contributed by atoms with E-state index in [0.717, 1.165) is 39.8 Å². The fraction of sp³-hybridized carbons (Fsp3) is 0.182. The minimum Gasteiger partial charge on any atom is -0.487 e. The summed E-state index contributed by atoms with van der Waals surface area (Å²) in [6, 6.07) is 24.9. The Balaban J connectivity index is 0.00000261. The highest BCUT2D eigenvalue weighted by Crippen LogP contribution is 2.35. The fourth-order valence-corrected chi connectivity index (χ4v) is 4.20. The molecule has 2 nitrogen and oxygen atoms in total. The summed E-state index contributed by atoms with van der Waals surface area (Å²) in [7, 11) is 0. The summed E-state index contributed by atoms with van der Waals surface area (Å²) in [6.07, 6.45) is 1.03. The van der Waals surface area contributed by atoms with Crippen LogP contribution in [0.5, 0.6) is 5.75 Å². The van der Waals surface area contributed by atoms with Crippen molar-refractivity contribution in [1.29, 1.82) is 0 Å². The zero-order chi connectivity index (χ0) is 18.2. The Bertz CT molecular complexity index is 805. The third kappa shape index (κ3) is 6.96. The van der Waals surface area contributed by atoms with E-state index in [0.29, 0.717) is 6.61 Å². The first-order valence-corrected chi connectivity index (χ1v) is 10.2. The lowest BCUT2D eigenvalue weighted by Crippen LogP contribution is -2.16. The normalized spacial score (nSPS) is 10.3. The maximum absolute atomic E-state index is 5.98. The van der Waals surface area contributed by atoms with Gasteiger partial charge in [0.1, 0.15) is 12.4 Å². The number of hydrogen-bond acceptors (Lipinski definition) is 2. The van der Waals surface area contributed by atoms with Gasteiger partial charge in [-0.2, -0.15) is 0 Å². The van der Waals surface area contributed by atoms with Gasteiger partial charge in [-0.05, 0) is 73.6 Å². The van der Waals surface area contributed by atoms with Crippen molar-refractivity contribution in [3.8, 4) is 5.75 Å². The molecule has 0 radical (unpaired) electrons. The van der Waals surface area contributed by atoms with Crippen LogP contribution in [0.4, 0.5) is 0 Å². The van der Waals surface area contributed by atoms with E-state index < -0.39 is 0 Å². The average molecular weight is 512 g/mol. The molecule has 0 aliphatic carbocycles. The van der Waals surface area contributed by atoms with Crippen molar-refractivity contribution >= 4 is 44.3 Å². The predicted octanol–water partition coefficient (Wildman–Crippen LogP) is 6.54.